The lowest BCUT2D eigenvalue weighted by Crippen LogP contribution is -2.55. The van der Waals surface area contributed by atoms with Crippen LogP contribution in [-0.2, 0) is 28.6 Å². The summed E-state index contributed by atoms with van der Waals surface area (Å²) in [6.45, 7) is 4.40. The predicted octanol–water partition coefficient (Wildman–Crippen LogP) is 12.9. The number of quaternary nitrogens is 1. The third-order valence-electron chi connectivity index (χ3n) is 10.2. The summed E-state index contributed by atoms with van der Waals surface area (Å²) in [6.07, 6.45) is 63.6. The number of carboxylic acids is 1. The van der Waals surface area contributed by atoms with Gasteiger partial charge in [0.25, 0.3) is 0 Å². The molecule has 0 bridgehead atoms. The standard InChI is InChI=1S/C56H89NO7/c1-6-8-10-12-14-16-18-20-22-24-26-27-28-29-31-33-35-37-39-41-43-45-47-55(59)64-52(50-62-49-48-53(56(60)61)57(3,4)5)51-63-54(58)46-44-42-40-38-36-34-32-30-25-23-21-19-17-15-13-11-9-7-2/h8,10-11,13-17,19-23,25-27,29-32,52-53H,6-7,9,12,18,24,28,33-51H2,1-5H3/b10-8+,13-11+,16-14+,17-15+,21-19+,22-20+,25-23+,27-26+,31-29+,32-30+. The summed E-state index contributed by atoms with van der Waals surface area (Å²) in [5, 5.41) is 11.7. The maximum atomic E-state index is 12.8. The minimum absolute atomic E-state index is 0.0170. The van der Waals surface area contributed by atoms with Gasteiger partial charge in [-0.15, -0.1) is 0 Å². The molecule has 2 unspecified atom stereocenters. The average molecular weight is 888 g/mol. The Morgan fingerprint density at radius 3 is 1.44 bits per heavy atom. The first-order valence-corrected chi connectivity index (χ1v) is 24.6. The number of carbonyl (C=O) groups is 3. The Morgan fingerprint density at radius 1 is 0.500 bits per heavy atom. The van der Waals surface area contributed by atoms with Crippen LogP contribution in [0.15, 0.2) is 122 Å². The highest BCUT2D eigenvalue weighted by Gasteiger charge is 2.25. The number of carboxylic acid groups (broad SMARTS) is 1. The Morgan fingerprint density at radius 2 is 0.938 bits per heavy atom. The number of hydrogen-bond acceptors (Lipinski definition) is 7. The molecule has 8 heteroatoms. The van der Waals surface area contributed by atoms with Crippen molar-refractivity contribution in [2.45, 2.75) is 174 Å². The van der Waals surface area contributed by atoms with Crippen LogP contribution in [0.25, 0.3) is 0 Å². The molecule has 2 atom stereocenters. The van der Waals surface area contributed by atoms with Crippen molar-refractivity contribution >= 4 is 17.9 Å². The third-order valence-corrected chi connectivity index (χ3v) is 10.2. The molecule has 0 aliphatic carbocycles. The molecule has 0 N–H and O–H groups in total. The molecule has 360 valence electrons. The van der Waals surface area contributed by atoms with Crippen LogP contribution in [0.1, 0.15) is 162 Å². The van der Waals surface area contributed by atoms with E-state index in [0.717, 1.165) is 116 Å². The second kappa shape index (κ2) is 45.3. The van der Waals surface area contributed by atoms with E-state index < -0.39 is 18.1 Å². The van der Waals surface area contributed by atoms with E-state index in [1.807, 2.05) is 36.5 Å². The van der Waals surface area contributed by atoms with Gasteiger partial charge in [0, 0.05) is 19.3 Å². The molecule has 0 rings (SSSR count). The molecular weight excluding hydrogens is 799 g/mol. The summed E-state index contributed by atoms with van der Waals surface area (Å²) in [4.78, 5) is 37.0. The zero-order chi connectivity index (χ0) is 47.0. The largest absolute Gasteiger partial charge is 0.544 e. The predicted molar refractivity (Wildman–Crippen MR) is 267 cm³/mol. The number of ether oxygens (including phenoxy) is 3. The van der Waals surface area contributed by atoms with Crippen LogP contribution in [0.5, 0.6) is 0 Å². The van der Waals surface area contributed by atoms with Crippen molar-refractivity contribution in [3.05, 3.63) is 122 Å². The summed E-state index contributed by atoms with van der Waals surface area (Å²) in [7, 11) is 5.38. The molecule has 0 saturated heterocycles. The summed E-state index contributed by atoms with van der Waals surface area (Å²) in [6, 6.07) is -0.742. The molecule has 0 aromatic heterocycles. The minimum atomic E-state index is -1.14. The van der Waals surface area contributed by atoms with Gasteiger partial charge in [0.2, 0.25) is 0 Å². The van der Waals surface area contributed by atoms with Crippen molar-refractivity contribution < 1.29 is 38.2 Å². The lowest BCUT2D eigenvalue weighted by molar-refractivity contribution is -0.889. The molecule has 0 radical (unpaired) electrons. The lowest BCUT2D eigenvalue weighted by Gasteiger charge is -2.34. The molecular formula is C56H89NO7. The highest BCUT2D eigenvalue weighted by atomic mass is 16.6. The fourth-order valence-corrected chi connectivity index (χ4v) is 6.42. The van der Waals surface area contributed by atoms with E-state index in [1.54, 1.807) is 21.1 Å². The van der Waals surface area contributed by atoms with Crippen LogP contribution in [-0.4, -0.2) is 75.5 Å². The van der Waals surface area contributed by atoms with Gasteiger partial charge in [-0.05, 0) is 77.0 Å². The van der Waals surface area contributed by atoms with E-state index in [0.29, 0.717) is 6.42 Å². The zero-order valence-corrected chi connectivity index (χ0v) is 40.9. The lowest BCUT2D eigenvalue weighted by atomic mass is 10.1. The topological polar surface area (TPSA) is 102 Å². The van der Waals surface area contributed by atoms with Crippen LogP contribution in [0.3, 0.4) is 0 Å². The number of allylic oxidation sites excluding steroid dienone is 20. The highest BCUT2D eigenvalue weighted by molar-refractivity contribution is 5.70. The van der Waals surface area contributed by atoms with Gasteiger partial charge < -0.3 is 28.6 Å². The number of hydrogen-bond donors (Lipinski definition) is 0. The summed E-state index contributed by atoms with van der Waals surface area (Å²) in [5.74, 6) is -1.80. The van der Waals surface area contributed by atoms with Crippen molar-refractivity contribution in [3.8, 4) is 0 Å². The molecule has 0 aromatic carbocycles. The summed E-state index contributed by atoms with van der Waals surface area (Å²) >= 11 is 0. The molecule has 0 spiro atoms. The minimum Gasteiger partial charge on any atom is -0.544 e. The van der Waals surface area contributed by atoms with Crippen molar-refractivity contribution in [2.24, 2.45) is 0 Å². The number of carbonyl (C=O) groups excluding carboxylic acids is 3. The number of likely N-dealkylation sites (N-methyl/N-ethyl adjacent to an activating group) is 1. The number of aliphatic carboxylic acids is 1. The molecule has 64 heavy (non-hydrogen) atoms. The number of unbranched alkanes of at least 4 members (excludes halogenated alkanes) is 12. The quantitative estimate of drug-likeness (QED) is 0.0198. The van der Waals surface area contributed by atoms with E-state index >= 15 is 0 Å². The second-order valence-corrected chi connectivity index (χ2v) is 17.1. The van der Waals surface area contributed by atoms with Crippen LogP contribution < -0.4 is 5.11 Å². The molecule has 0 aliphatic heterocycles. The SMILES string of the molecule is CC/C=C/C/C=C/C/C=C/C/C=C/C/C=C/CCCCCCCCC(=O)OC(COCCC(C(=O)[O-])[N+](C)(C)C)COC(=O)CCCCCCC/C=C/C=C/C=C/C=C/C=C/CCC. The first-order chi connectivity index (χ1) is 31.1. The van der Waals surface area contributed by atoms with Crippen molar-refractivity contribution in [1.82, 2.24) is 0 Å². The van der Waals surface area contributed by atoms with Gasteiger partial charge in [0.1, 0.15) is 12.6 Å². The van der Waals surface area contributed by atoms with Crippen LogP contribution >= 0.6 is 0 Å². The van der Waals surface area contributed by atoms with Gasteiger partial charge in [-0.1, -0.05) is 187 Å². The highest BCUT2D eigenvalue weighted by Crippen LogP contribution is 2.13. The number of rotatable bonds is 42. The monoisotopic (exact) mass is 888 g/mol. The Balaban J connectivity index is 4.39. The van der Waals surface area contributed by atoms with E-state index in [1.165, 1.54) is 12.8 Å². The van der Waals surface area contributed by atoms with E-state index in [4.69, 9.17) is 14.2 Å². The Labute approximate surface area is 391 Å². The van der Waals surface area contributed by atoms with Gasteiger partial charge in [-0.25, -0.2) is 0 Å². The number of esters is 2. The van der Waals surface area contributed by atoms with Crippen LogP contribution in [0, 0.1) is 0 Å². The van der Waals surface area contributed by atoms with Gasteiger partial charge in [0.15, 0.2) is 6.10 Å². The summed E-state index contributed by atoms with van der Waals surface area (Å²) < 4.78 is 17.2. The maximum absolute atomic E-state index is 12.8. The van der Waals surface area contributed by atoms with Crippen molar-refractivity contribution in [1.29, 1.82) is 0 Å². The van der Waals surface area contributed by atoms with Gasteiger partial charge in [0.05, 0.1) is 40.3 Å². The molecule has 0 fully saturated rings. The van der Waals surface area contributed by atoms with Crippen LogP contribution in [0.4, 0.5) is 0 Å². The first-order valence-electron chi connectivity index (χ1n) is 24.6. The van der Waals surface area contributed by atoms with Crippen molar-refractivity contribution in [3.63, 3.8) is 0 Å². The average Bonchev–Trinajstić information content (AvgIpc) is 3.26. The number of nitrogens with zero attached hydrogens (tertiary/aromatic N) is 1. The van der Waals surface area contributed by atoms with Gasteiger partial charge in [-0.3, -0.25) is 9.59 Å². The molecule has 0 saturated carbocycles. The third kappa shape index (κ3) is 43.0. The van der Waals surface area contributed by atoms with Gasteiger partial charge >= 0.3 is 11.9 Å². The van der Waals surface area contributed by atoms with Gasteiger partial charge in [-0.2, -0.15) is 0 Å². The molecule has 0 amide bonds. The Kier molecular flexibility index (Phi) is 42.3. The Hall–Kier alpha value is -4.27. The molecule has 0 aromatic rings. The second-order valence-electron chi connectivity index (χ2n) is 17.1. The van der Waals surface area contributed by atoms with Crippen LogP contribution in [0.2, 0.25) is 0 Å². The van der Waals surface area contributed by atoms with Crippen molar-refractivity contribution in [2.75, 3.05) is 41.0 Å². The van der Waals surface area contributed by atoms with E-state index in [9.17, 15) is 19.5 Å². The first kappa shape index (κ1) is 59.7. The normalized spacial score (nSPS) is 14.0. The fraction of sp³-hybridized carbons (Fsp3) is 0.589. The molecule has 0 aliphatic rings. The Bertz CT molecular complexity index is 1450. The zero-order valence-electron chi connectivity index (χ0n) is 40.9. The van der Waals surface area contributed by atoms with E-state index in [2.05, 4.69) is 98.9 Å². The maximum Gasteiger partial charge on any atom is 0.306 e. The summed E-state index contributed by atoms with van der Waals surface area (Å²) in [5.41, 5.74) is 0. The van der Waals surface area contributed by atoms with E-state index in [-0.39, 0.29) is 49.1 Å². The smallest absolute Gasteiger partial charge is 0.306 e. The fourth-order valence-electron chi connectivity index (χ4n) is 6.42. The molecule has 8 nitrogen and oxygen atoms in total. The molecule has 0 heterocycles.